The van der Waals surface area contributed by atoms with Crippen molar-refractivity contribution in [3.63, 3.8) is 0 Å². The molecule has 0 aliphatic carbocycles. The van der Waals surface area contributed by atoms with Gasteiger partial charge in [0.05, 0.1) is 42.2 Å². The summed E-state index contributed by atoms with van der Waals surface area (Å²) in [5.41, 5.74) is -4.13. The molecule has 10 heteroatoms. The van der Waals surface area contributed by atoms with E-state index in [0.29, 0.717) is 12.1 Å². The molecule has 26 heavy (non-hydrogen) atoms. The lowest BCUT2D eigenvalue weighted by molar-refractivity contribution is -0.143. The molecule has 4 nitrogen and oxygen atoms in total. The summed E-state index contributed by atoms with van der Waals surface area (Å²) < 4.78 is 82.7. The van der Waals surface area contributed by atoms with Gasteiger partial charge in [0.2, 0.25) is 0 Å². The van der Waals surface area contributed by atoms with Gasteiger partial charge in [-0.1, -0.05) is 0 Å². The average Bonchev–Trinajstić information content (AvgIpc) is 2.55. The summed E-state index contributed by atoms with van der Waals surface area (Å²) in [6, 6.07) is 2.12. The average molecular weight is 378 g/mol. The molecule has 0 saturated carbocycles. The largest absolute Gasteiger partial charge is 0.416 e. The Morgan fingerprint density at radius 1 is 1.19 bits per heavy atom. The van der Waals surface area contributed by atoms with Gasteiger partial charge in [0.15, 0.2) is 5.78 Å². The molecule has 0 saturated heterocycles. The van der Waals surface area contributed by atoms with E-state index in [-0.39, 0.29) is 24.9 Å². The van der Waals surface area contributed by atoms with Crippen LogP contribution < -0.4 is 0 Å². The number of nitriles is 1. The molecule has 2 rings (SSSR count). The molecule has 2 unspecified atom stereocenters. The van der Waals surface area contributed by atoms with Crippen molar-refractivity contribution < 1.29 is 35.9 Å². The Bertz CT molecular complexity index is 744. The van der Waals surface area contributed by atoms with Crippen LogP contribution in [0.4, 0.5) is 26.3 Å². The van der Waals surface area contributed by atoms with Gasteiger partial charge in [0, 0.05) is 5.56 Å². The van der Waals surface area contributed by atoms with Gasteiger partial charge < -0.3 is 4.74 Å². The standard InChI is InChI=1S/C16H12F6N2O2/c1-8-13(24-2-3-26-8)12(7-23)14(25)9-4-10(15(17,18)19)6-11(5-9)16(20,21)22/h4-6,8,12H,2-3H2,1H3. The maximum Gasteiger partial charge on any atom is 0.416 e. The molecule has 2 atom stereocenters. The van der Waals surface area contributed by atoms with Crippen LogP contribution in [-0.4, -0.2) is 30.8 Å². The second-order valence-electron chi connectivity index (χ2n) is 5.54. The highest BCUT2D eigenvalue weighted by Crippen LogP contribution is 2.36. The Morgan fingerprint density at radius 2 is 1.73 bits per heavy atom. The number of nitrogens with zero attached hydrogens (tertiary/aromatic N) is 2. The lowest BCUT2D eigenvalue weighted by Crippen LogP contribution is -2.36. The monoisotopic (exact) mass is 378 g/mol. The summed E-state index contributed by atoms with van der Waals surface area (Å²) in [7, 11) is 0. The Kier molecular flexibility index (Phi) is 5.41. The van der Waals surface area contributed by atoms with E-state index in [1.54, 1.807) is 6.07 Å². The summed E-state index contributed by atoms with van der Waals surface area (Å²) in [5, 5.41) is 9.23. The molecule has 0 fully saturated rings. The summed E-state index contributed by atoms with van der Waals surface area (Å²) >= 11 is 0. The molecule has 0 N–H and O–H groups in total. The Labute approximate surface area is 144 Å². The molecule has 0 amide bonds. The highest BCUT2D eigenvalue weighted by molar-refractivity contribution is 6.15. The van der Waals surface area contributed by atoms with Gasteiger partial charge in [-0.15, -0.1) is 0 Å². The number of carbonyl (C=O) groups is 1. The quantitative estimate of drug-likeness (QED) is 0.592. The zero-order valence-corrected chi connectivity index (χ0v) is 13.3. The second-order valence-corrected chi connectivity index (χ2v) is 5.54. The molecular weight excluding hydrogens is 366 g/mol. The molecule has 0 radical (unpaired) electrons. The zero-order valence-electron chi connectivity index (χ0n) is 13.3. The molecule has 1 aliphatic heterocycles. The first-order valence-corrected chi connectivity index (χ1v) is 7.34. The van der Waals surface area contributed by atoms with E-state index < -0.39 is 46.8 Å². The SMILES string of the molecule is CC1OCCN=C1C(C#N)C(=O)c1cc(C(F)(F)F)cc(C(F)(F)F)c1. The van der Waals surface area contributed by atoms with Crippen LogP contribution in [0.3, 0.4) is 0 Å². The van der Waals surface area contributed by atoms with Crippen LogP contribution in [0.25, 0.3) is 0 Å². The first-order chi connectivity index (χ1) is 11.9. The normalized spacial score (nSPS) is 19.5. The molecular formula is C16H12F6N2O2. The van der Waals surface area contributed by atoms with Crippen LogP contribution in [0.5, 0.6) is 0 Å². The summed E-state index contributed by atoms with van der Waals surface area (Å²) in [6.07, 6.45) is -10.9. The topological polar surface area (TPSA) is 62.4 Å². The molecule has 0 aromatic heterocycles. The van der Waals surface area contributed by atoms with Crippen molar-refractivity contribution in [2.75, 3.05) is 13.2 Å². The Hall–Kier alpha value is -2.41. The van der Waals surface area contributed by atoms with Crippen molar-refractivity contribution in [1.29, 1.82) is 5.26 Å². The third-order valence-electron chi connectivity index (χ3n) is 3.73. The first kappa shape index (κ1) is 19.9. The van der Waals surface area contributed by atoms with Gasteiger partial charge in [0.25, 0.3) is 0 Å². The molecule has 1 aliphatic rings. The number of ketones is 1. The van der Waals surface area contributed by atoms with E-state index in [1.807, 2.05) is 0 Å². The maximum absolute atomic E-state index is 12.9. The smallest absolute Gasteiger partial charge is 0.371 e. The molecule has 1 aromatic rings. The van der Waals surface area contributed by atoms with Crippen molar-refractivity contribution in [2.45, 2.75) is 25.4 Å². The third-order valence-corrected chi connectivity index (χ3v) is 3.73. The van der Waals surface area contributed by atoms with E-state index in [0.717, 1.165) is 0 Å². The highest BCUT2D eigenvalue weighted by Gasteiger charge is 2.39. The fourth-order valence-corrected chi connectivity index (χ4v) is 2.47. The number of ether oxygens (including phenoxy) is 1. The number of carbonyl (C=O) groups excluding carboxylic acids is 1. The van der Waals surface area contributed by atoms with Crippen molar-refractivity contribution in [3.8, 4) is 6.07 Å². The van der Waals surface area contributed by atoms with Crippen molar-refractivity contribution in [2.24, 2.45) is 10.9 Å². The van der Waals surface area contributed by atoms with Crippen LogP contribution in [0.15, 0.2) is 23.2 Å². The lowest BCUT2D eigenvalue weighted by atomic mass is 9.89. The molecule has 0 spiro atoms. The van der Waals surface area contributed by atoms with Gasteiger partial charge in [0.1, 0.15) is 5.92 Å². The highest BCUT2D eigenvalue weighted by atomic mass is 19.4. The van der Waals surface area contributed by atoms with Crippen molar-refractivity contribution in [3.05, 3.63) is 34.9 Å². The Balaban J connectivity index is 2.53. The Morgan fingerprint density at radius 3 is 2.15 bits per heavy atom. The number of halogens is 6. The summed E-state index contributed by atoms with van der Waals surface area (Å²) in [5.74, 6) is -2.82. The van der Waals surface area contributed by atoms with Crippen LogP contribution in [0.2, 0.25) is 0 Å². The molecule has 0 bridgehead atoms. The van der Waals surface area contributed by atoms with Gasteiger partial charge in [-0.05, 0) is 25.1 Å². The van der Waals surface area contributed by atoms with Crippen molar-refractivity contribution >= 4 is 11.5 Å². The van der Waals surface area contributed by atoms with Gasteiger partial charge >= 0.3 is 12.4 Å². The van der Waals surface area contributed by atoms with Gasteiger partial charge in [-0.3, -0.25) is 9.79 Å². The van der Waals surface area contributed by atoms with E-state index in [2.05, 4.69) is 4.99 Å². The molecule has 140 valence electrons. The van der Waals surface area contributed by atoms with E-state index in [1.165, 1.54) is 6.92 Å². The van der Waals surface area contributed by atoms with Crippen molar-refractivity contribution in [1.82, 2.24) is 0 Å². The summed E-state index contributed by atoms with van der Waals surface area (Å²) in [4.78, 5) is 16.5. The van der Waals surface area contributed by atoms with Crippen LogP contribution in [0, 0.1) is 17.2 Å². The number of hydrogen-bond donors (Lipinski definition) is 0. The predicted octanol–water partition coefficient (Wildman–Crippen LogP) is 3.91. The van der Waals surface area contributed by atoms with Gasteiger partial charge in [-0.2, -0.15) is 31.6 Å². The fraction of sp³-hybridized carbons (Fsp3) is 0.438. The van der Waals surface area contributed by atoms with Crippen LogP contribution >= 0.6 is 0 Å². The first-order valence-electron chi connectivity index (χ1n) is 7.34. The number of aliphatic imine (C=N–C) groups is 1. The number of hydrogen-bond acceptors (Lipinski definition) is 4. The second kappa shape index (κ2) is 7.07. The van der Waals surface area contributed by atoms with Crippen LogP contribution in [-0.2, 0) is 17.1 Å². The lowest BCUT2D eigenvalue weighted by Gasteiger charge is -2.23. The van der Waals surface area contributed by atoms with Crippen LogP contribution in [0.1, 0.15) is 28.4 Å². The van der Waals surface area contributed by atoms with E-state index >= 15 is 0 Å². The maximum atomic E-state index is 12.9. The molecule has 1 aromatic carbocycles. The number of benzene rings is 1. The predicted molar refractivity (Wildman–Crippen MR) is 77.6 cm³/mol. The third kappa shape index (κ3) is 4.22. The fourth-order valence-electron chi connectivity index (χ4n) is 2.47. The van der Waals surface area contributed by atoms with E-state index in [4.69, 9.17) is 4.74 Å². The number of rotatable bonds is 3. The minimum atomic E-state index is -5.09. The minimum Gasteiger partial charge on any atom is -0.371 e. The zero-order chi connectivity index (χ0) is 19.7. The molecule has 1 heterocycles. The number of Topliss-reactive ketones (excluding diaryl/α,β-unsaturated/α-hetero) is 1. The number of alkyl halides is 6. The minimum absolute atomic E-state index is 0.0188. The summed E-state index contributed by atoms with van der Waals surface area (Å²) in [6.45, 7) is 1.86. The van der Waals surface area contributed by atoms with E-state index in [9.17, 15) is 36.4 Å². The van der Waals surface area contributed by atoms with Gasteiger partial charge in [-0.25, -0.2) is 0 Å².